The quantitative estimate of drug-likeness (QED) is 0.636. The fourth-order valence-corrected chi connectivity index (χ4v) is 3.63. The van der Waals surface area contributed by atoms with Gasteiger partial charge in [-0.1, -0.05) is 31.2 Å². The number of benzene rings is 1. The van der Waals surface area contributed by atoms with Gasteiger partial charge in [0.1, 0.15) is 6.33 Å². The number of amides is 1. The van der Waals surface area contributed by atoms with Gasteiger partial charge in [0.2, 0.25) is 5.91 Å². The average molecular weight is 395 g/mol. The Morgan fingerprint density at radius 2 is 1.93 bits per heavy atom. The van der Waals surface area contributed by atoms with Gasteiger partial charge in [-0.2, -0.15) is 10.1 Å². The average Bonchev–Trinajstić information content (AvgIpc) is 3.16. The molecule has 0 aliphatic rings. The molecule has 7 nitrogen and oxygen atoms in total. The third-order valence-corrected chi connectivity index (χ3v) is 5.48. The van der Waals surface area contributed by atoms with Gasteiger partial charge in [-0.15, -0.1) is 0 Å². The molecule has 154 valence electrons. The molecule has 3 rings (SSSR count). The van der Waals surface area contributed by atoms with Gasteiger partial charge in [0, 0.05) is 24.4 Å². The molecule has 3 aromatic rings. The molecule has 1 amide bonds. The largest absolute Gasteiger partial charge is 0.354 e. The lowest BCUT2D eigenvalue weighted by Gasteiger charge is -2.25. The van der Waals surface area contributed by atoms with Crippen molar-refractivity contribution in [1.82, 2.24) is 29.8 Å². The Bertz CT molecular complexity index is 977. The molecule has 2 heterocycles. The van der Waals surface area contributed by atoms with Crippen LogP contribution in [0.25, 0.3) is 5.78 Å². The van der Waals surface area contributed by atoms with Crippen LogP contribution in [-0.2, 0) is 17.6 Å². The molecule has 1 unspecified atom stereocenters. The Morgan fingerprint density at radius 3 is 2.59 bits per heavy atom. The first-order valence-corrected chi connectivity index (χ1v) is 10.1. The second-order valence-corrected chi connectivity index (χ2v) is 7.61. The molecule has 0 spiro atoms. The molecule has 0 fully saturated rings. The van der Waals surface area contributed by atoms with E-state index < -0.39 is 0 Å². The highest BCUT2D eigenvalue weighted by Crippen LogP contribution is 2.19. The molecule has 0 aliphatic carbocycles. The van der Waals surface area contributed by atoms with Gasteiger partial charge in [0.05, 0.1) is 6.04 Å². The predicted molar refractivity (Wildman–Crippen MR) is 114 cm³/mol. The fraction of sp³-hybridized carbons (Fsp3) is 0.455. The highest BCUT2D eigenvalue weighted by atomic mass is 16.1. The van der Waals surface area contributed by atoms with Crippen LogP contribution in [0.3, 0.4) is 0 Å². The van der Waals surface area contributed by atoms with Gasteiger partial charge in [-0.05, 0) is 57.5 Å². The summed E-state index contributed by atoms with van der Waals surface area (Å²) in [6.07, 6.45) is 3.57. The zero-order chi connectivity index (χ0) is 21.0. The highest BCUT2D eigenvalue weighted by Gasteiger charge is 2.16. The van der Waals surface area contributed by atoms with E-state index in [0.717, 1.165) is 23.4 Å². The van der Waals surface area contributed by atoms with Crippen molar-refractivity contribution in [1.29, 1.82) is 0 Å². The smallest absolute Gasteiger partial charge is 0.252 e. The van der Waals surface area contributed by atoms with Crippen molar-refractivity contribution >= 4 is 11.7 Å². The van der Waals surface area contributed by atoms with E-state index in [1.807, 2.05) is 27.9 Å². The Morgan fingerprint density at radius 1 is 1.21 bits per heavy atom. The summed E-state index contributed by atoms with van der Waals surface area (Å²) in [5.41, 5.74) is 5.47. The third kappa shape index (κ3) is 4.79. The molecular formula is C22H30N6O. The molecule has 1 N–H and O–H groups in total. The van der Waals surface area contributed by atoms with E-state index in [-0.39, 0.29) is 11.9 Å². The zero-order valence-corrected chi connectivity index (χ0v) is 17.9. The number of rotatable bonds is 8. The lowest BCUT2D eigenvalue weighted by atomic mass is 10.0. The first-order valence-electron chi connectivity index (χ1n) is 10.1. The number of aromatic nitrogens is 4. The van der Waals surface area contributed by atoms with E-state index in [9.17, 15) is 4.79 Å². The number of nitrogens with zero attached hydrogens (tertiary/aromatic N) is 5. The Hall–Kier alpha value is -2.80. The van der Waals surface area contributed by atoms with Gasteiger partial charge in [-0.25, -0.2) is 9.50 Å². The minimum absolute atomic E-state index is 0.0412. The molecule has 2 aromatic heterocycles. The minimum atomic E-state index is 0.0412. The fourth-order valence-electron chi connectivity index (χ4n) is 3.63. The molecular weight excluding hydrogens is 364 g/mol. The van der Waals surface area contributed by atoms with Crippen molar-refractivity contribution in [3.05, 3.63) is 58.7 Å². The van der Waals surface area contributed by atoms with Crippen molar-refractivity contribution in [2.75, 3.05) is 20.6 Å². The van der Waals surface area contributed by atoms with Crippen LogP contribution in [0.1, 0.15) is 47.5 Å². The summed E-state index contributed by atoms with van der Waals surface area (Å²) in [5, 5.41) is 7.31. The monoisotopic (exact) mass is 394 g/mol. The molecule has 1 atom stereocenters. The standard InChI is InChI=1S/C22H30N6O/c1-6-17-7-9-18(10-8-17)20(27(4)5)13-23-21(29)12-11-19-15(2)26-22-24-14-25-28(22)16(19)3/h7-10,14,20H,6,11-13H2,1-5H3,(H,23,29). The summed E-state index contributed by atoms with van der Waals surface area (Å²) < 4.78 is 1.72. The van der Waals surface area contributed by atoms with Crippen molar-refractivity contribution in [2.45, 2.75) is 46.1 Å². The second kappa shape index (κ2) is 9.13. The van der Waals surface area contributed by atoms with Crippen molar-refractivity contribution < 1.29 is 4.79 Å². The van der Waals surface area contributed by atoms with Gasteiger partial charge in [-0.3, -0.25) is 4.79 Å². The third-order valence-electron chi connectivity index (χ3n) is 5.48. The van der Waals surface area contributed by atoms with Crippen LogP contribution in [0.2, 0.25) is 0 Å². The summed E-state index contributed by atoms with van der Waals surface area (Å²) in [4.78, 5) is 23.3. The first kappa shape index (κ1) is 20.9. The van der Waals surface area contributed by atoms with E-state index in [0.29, 0.717) is 25.2 Å². The number of likely N-dealkylation sites (N-methyl/N-ethyl adjacent to an activating group) is 1. The summed E-state index contributed by atoms with van der Waals surface area (Å²) in [6, 6.07) is 8.77. The SMILES string of the molecule is CCc1ccc(C(CNC(=O)CCc2c(C)nc3ncnn3c2C)N(C)C)cc1. The summed E-state index contributed by atoms with van der Waals surface area (Å²) in [6.45, 7) is 6.68. The van der Waals surface area contributed by atoms with E-state index in [4.69, 9.17) is 0 Å². The summed E-state index contributed by atoms with van der Waals surface area (Å²) in [7, 11) is 4.08. The Balaban J connectivity index is 1.61. The number of aryl methyl sites for hydroxylation is 3. The topological polar surface area (TPSA) is 75.4 Å². The maximum Gasteiger partial charge on any atom is 0.252 e. The van der Waals surface area contributed by atoms with E-state index in [2.05, 4.69) is 56.5 Å². The van der Waals surface area contributed by atoms with E-state index in [1.165, 1.54) is 17.5 Å². The van der Waals surface area contributed by atoms with Crippen LogP contribution in [-0.4, -0.2) is 51.0 Å². The zero-order valence-electron chi connectivity index (χ0n) is 17.9. The second-order valence-electron chi connectivity index (χ2n) is 7.61. The van der Waals surface area contributed by atoms with Crippen LogP contribution in [0.15, 0.2) is 30.6 Å². The maximum absolute atomic E-state index is 12.5. The van der Waals surface area contributed by atoms with Crippen LogP contribution >= 0.6 is 0 Å². The van der Waals surface area contributed by atoms with Gasteiger partial charge >= 0.3 is 0 Å². The predicted octanol–water partition coefficient (Wildman–Crippen LogP) is 2.66. The van der Waals surface area contributed by atoms with Crippen LogP contribution in [0.4, 0.5) is 0 Å². The molecule has 1 aromatic carbocycles. The summed E-state index contributed by atoms with van der Waals surface area (Å²) >= 11 is 0. The Labute approximate surface area is 172 Å². The molecule has 29 heavy (non-hydrogen) atoms. The van der Waals surface area contributed by atoms with Crippen molar-refractivity contribution in [3.63, 3.8) is 0 Å². The molecule has 7 heteroatoms. The minimum Gasteiger partial charge on any atom is -0.354 e. The number of hydrogen-bond acceptors (Lipinski definition) is 5. The lowest BCUT2D eigenvalue weighted by Crippen LogP contribution is -2.34. The molecule has 0 bridgehead atoms. The van der Waals surface area contributed by atoms with Crippen molar-refractivity contribution in [3.8, 4) is 0 Å². The number of carbonyl (C=O) groups excluding carboxylic acids is 1. The molecule has 0 saturated heterocycles. The number of carbonyl (C=O) groups is 1. The summed E-state index contributed by atoms with van der Waals surface area (Å²) in [5.74, 6) is 0.635. The van der Waals surface area contributed by atoms with E-state index in [1.54, 1.807) is 4.52 Å². The number of hydrogen-bond donors (Lipinski definition) is 1. The molecule has 0 radical (unpaired) electrons. The number of fused-ring (bicyclic) bond motifs is 1. The van der Waals surface area contributed by atoms with E-state index >= 15 is 0 Å². The number of nitrogens with one attached hydrogen (secondary N) is 1. The normalized spacial score (nSPS) is 12.5. The Kier molecular flexibility index (Phi) is 6.59. The van der Waals surface area contributed by atoms with Gasteiger partial charge in [0.25, 0.3) is 5.78 Å². The molecule has 0 aliphatic heterocycles. The van der Waals surface area contributed by atoms with Crippen LogP contribution < -0.4 is 5.32 Å². The van der Waals surface area contributed by atoms with Gasteiger partial charge in [0.15, 0.2) is 0 Å². The lowest BCUT2D eigenvalue weighted by molar-refractivity contribution is -0.121. The van der Waals surface area contributed by atoms with Crippen molar-refractivity contribution in [2.24, 2.45) is 0 Å². The first-order chi connectivity index (χ1) is 13.9. The molecule has 0 saturated carbocycles. The van der Waals surface area contributed by atoms with Crippen LogP contribution in [0, 0.1) is 13.8 Å². The maximum atomic E-state index is 12.5. The highest BCUT2D eigenvalue weighted by molar-refractivity contribution is 5.76. The van der Waals surface area contributed by atoms with Crippen LogP contribution in [0.5, 0.6) is 0 Å². The van der Waals surface area contributed by atoms with Gasteiger partial charge < -0.3 is 10.2 Å².